The zero-order valence-electron chi connectivity index (χ0n) is 12.6. The van der Waals surface area contributed by atoms with E-state index in [-0.39, 0.29) is 11.6 Å². The molecular formula is C16H25NO3. The molecule has 4 heteroatoms. The SMILES string of the molecule is CNC(c1ccccc1OCCOC)C1(OC)CCC1. The smallest absolute Gasteiger partial charge is 0.124 e. The van der Waals surface area contributed by atoms with Crippen molar-refractivity contribution in [3.05, 3.63) is 29.8 Å². The minimum Gasteiger partial charge on any atom is -0.491 e. The summed E-state index contributed by atoms with van der Waals surface area (Å²) in [5.74, 6) is 0.909. The van der Waals surface area contributed by atoms with Crippen LogP contribution in [-0.4, -0.2) is 40.1 Å². The lowest BCUT2D eigenvalue weighted by Crippen LogP contribution is -2.49. The van der Waals surface area contributed by atoms with Crippen molar-refractivity contribution in [1.29, 1.82) is 0 Å². The Morgan fingerprint density at radius 2 is 1.95 bits per heavy atom. The van der Waals surface area contributed by atoms with Crippen molar-refractivity contribution in [3.63, 3.8) is 0 Å². The second kappa shape index (κ2) is 7.07. The summed E-state index contributed by atoms with van der Waals surface area (Å²) in [4.78, 5) is 0. The molecule has 0 bridgehead atoms. The maximum Gasteiger partial charge on any atom is 0.124 e. The number of rotatable bonds is 8. The Morgan fingerprint density at radius 1 is 1.20 bits per heavy atom. The topological polar surface area (TPSA) is 39.7 Å². The number of ether oxygens (including phenoxy) is 3. The summed E-state index contributed by atoms with van der Waals surface area (Å²) in [6.07, 6.45) is 3.39. The molecule has 0 aliphatic heterocycles. The first-order valence-corrected chi connectivity index (χ1v) is 7.20. The molecule has 0 saturated heterocycles. The van der Waals surface area contributed by atoms with Crippen LogP contribution in [0.1, 0.15) is 30.9 Å². The molecule has 1 unspecified atom stereocenters. The second-order valence-corrected chi connectivity index (χ2v) is 5.22. The maximum absolute atomic E-state index is 5.85. The number of benzene rings is 1. The highest BCUT2D eigenvalue weighted by Gasteiger charge is 2.45. The monoisotopic (exact) mass is 279 g/mol. The third kappa shape index (κ3) is 2.97. The Hall–Kier alpha value is -1.10. The number of methoxy groups -OCH3 is 2. The van der Waals surface area contributed by atoms with Crippen LogP contribution < -0.4 is 10.1 Å². The molecule has 20 heavy (non-hydrogen) atoms. The van der Waals surface area contributed by atoms with Crippen LogP contribution in [0.3, 0.4) is 0 Å². The fourth-order valence-electron chi connectivity index (χ4n) is 2.92. The molecule has 1 fully saturated rings. The summed E-state index contributed by atoms with van der Waals surface area (Å²) < 4.78 is 16.7. The van der Waals surface area contributed by atoms with E-state index < -0.39 is 0 Å². The summed E-state index contributed by atoms with van der Waals surface area (Å²) in [5.41, 5.74) is 1.06. The molecule has 1 saturated carbocycles. The van der Waals surface area contributed by atoms with Crippen LogP contribution in [0.15, 0.2) is 24.3 Å². The van der Waals surface area contributed by atoms with E-state index in [4.69, 9.17) is 14.2 Å². The van der Waals surface area contributed by atoms with Crippen LogP contribution in [0.4, 0.5) is 0 Å². The lowest BCUT2D eigenvalue weighted by atomic mass is 9.72. The van der Waals surface area contributed by atoms with Gasteiger partial charge in [0.15, 0.2) is 0 Å². The summed E-state index contributed by atoms with van der Waals surface area (Å²) in [6.45, 7) is 1.15. The van der Waals surface area contributed by atoms with Gasteiger partial charge in [0.1, 0.15) is 12.4 Å². The molecule has 1 aliphatic rings. The standard InChI is InChI=1S/C16H25NO3/c1-17-15(16(19-3)9-6-10-16)13-7-4-5-8-14(13)20-12-11-18-2/h4-5,7-8,15,17H,6,9-12H2,1-3H3. The summed E-state index contributed by atoms with van der Waals surface area (Å²) >= 11 is 0. The maximum atomic E-state index is 5.85. The van der Waals surface area contributed by atoms with Crippen LogP contribution >= 0.6 is 0 Å². The normalized spacial score (nSPS) is 18.4. The third-order valence-electron chi connectivity index (χ3n) is 4.20. The van der Waals surface area contributed by atoms with Crippen molar-refractivity contribution in [2.75, 3.05) is 34.5 Å². The first-order chi connectivity index (χ1) is 9.77. The Morgan fingerprint density at radius 3 is 2.50 bits per heavy atom. The Bertz CT molecular complexity index is 412. The third-order valence-corrected chi connectivity index (χ3v) is 4.20. The van der Waals surface area contributed by atoms with Crippen molar-refractivity contribution >= 4 is 0 Å². The average molecular weight is 279 g/mol. The Labute approximate surface area is 121 Å². The van der Waals surface area contributed by atoms with Gasteiger partial charge < -0.3 is 19.5 Å². The predicted octanol–water partition coefficient (Wildman–Crippen LogP) is 2.54. The minimum absolute atomic E-state index is 0.102. The van der Waals surface area contributed by atoms with E-state index in [1.807, 2.05) is 25.2 Å². The molecule has 1 aromatic carbocycles. The van der Waals surface area contributed by atoms with E-state index in [1.165, 1.54) is 6.42 Å². The molecular weight excluding hydrogens is 254 g/mol. The lowest BCUT2D eigenvalue weighted by Gasteiger charge is -2.46. The summed E-state index contributed by atoms with van der Waals surface area (Å²) in [5, 5.41) is 3.41. The molecule has 0 spiro atoms. The first kappa shape index (κ1) is 15.3. The van der Waals surface area contributed by atoms with Crippen molar-refractivity contribution in [2.24, 2.45) is 0 Å². The summed E-state index contributed by atoms with van der Waals surface area (Å²) in [7, 11) is 5.47. The van der Waals surface area contributed by atoms with Crippen LogP contribution in [0.5, 0.6) is 5.75 Å². The number of nitrogens with one attached hydrogen (secondary N) is 1. The van der Waals surface area contributed by atoms with Gasteiger partial charge in [-0.1, -0.05) is 18.2 Å². The number of hydrogen-bond acceptors (Lipinski definition) is 4. The van der Waals surface area contributed by atoms with Crippen molar-refractivity contribution < 1.29 is 14.2 Å². The van der Waals surface area contributed by atoms with Crippen LogP contribution in [-0.2, 0) is 9.47 Å². The van der Waals surface area contributed by atoms with Gasteiger partial charge in [-0.3, -0.25) is 0 Å². The molecule has 0 aromatic heterocycles. The number of hydrogen-bond donors (Lipinski definition) is 1. The fourth-order valence-corrected chi connectivity index (χ4v) is 2.92. The van der Waals surface area contributed by atoms with Crippen LogP contribution in [0.25, 0.3) is 0 Å². The highest BCUT2D eigenvalue weighted by atomic mass is 16.5. The van der Waals surface area contributed by atoms with Crippen LogP contribution in [0.2, 0.25) is 0 Å². The van der Waals surface area contributed by atoms with Gasteiger partial charge in [0.05, 0.1) is 18.2 Å². The van der Waals surface area contributed by atoms with E-state index in [0.717, 1.165) is 24.2 Å². The van der Waals surface area contributed by atoms with Gasteiger partial charge in [-0.05, 0) is 32.4 Å². The van der Waals surface area contributed by atoms with Gasteiger partial charge in [0.25, 0.3) is 0 Å². The van der Waals surface area contributed by atoms with Gasteiger partial charge in [-0.15, -0.1) is 0 Å². The molecule has 4 nitrogen and oxygen atoms in total. The largest absolute Gasteiger partial charge is 0.491 e. The molecule has 0 radical (unpaired) electrons. The van der Waals surface area contributed by atoms with Crippen LogP contribution in [0, 0.1) is 0 Å². The van der Waals surface area contributed by atoms with Gasteiger partial charge >= 0.3 is 0 Å². The van der Waals surface area contributed by atoms with E-state index in [1.54, 1.807) is 14.2 Å². The quantitative estimate of drug-likeness (QED) is 0.742. The molecule has 1 atom stereocenters. The highest BCUT2D eigenvalue weighted by molar-refractivity contribution is 5.38. The van der Waals surface area contributed by atoms with E-state index in [0.29, 0.717) is 13.2 Å². The summed E-state index contributed by atoms with van der Waals surface area (Å²) in [6, 6.07) is 8.32. The van der Waals surface area contributed by atoms with Gasteiger partial charge in [-0.25, -0.2) is 0 Å². The Kier molecular flexibility index (Phi) is 5.40. The molecule has 1 N–H and O–H groups in total. The van der Waals surface area contributed by atoms with Crippen molar-refractivity contribution in [3.8, 4) is 5.75 Å². The first-order valence-electron chi connectivity index (χ1n) is 7.20. The van der Waals surface area contributed by atoms with E-state index >= 15 is 0 Å². The Balaban J connectivity index is 2.20. The number of para-hydroxylation sites is 1. The number of likely N-dealkylation sites (N-methyl/N-ethyl adjacent to an activating group) is 1. The van der Waals surface area contributed by atoms with Gasteiger partial charge in [0.2, 0.25) is 0 Å². The second-order valence-electron chi connectivity index (χ2n) is 5.22. The molecule has 0 heterocycles. The van der Waals surface area contributed by atoms with E-state index in [2.05, 4.69) is 11.4 Å². The highest BCUT2D eigenvalue weighted by Crippen LogP contribution is 2.46. The average Bonchev–Trinajstić information content (AvgIpc) is 2.44. The van der Waals surface area contributed by atoms with Gasteiger partial charge in [-0.2, -0.15) is 0 Å². The predicted molar refractivity (Wildman–Crippen MR) is 79.2 cm³/mol. The lowest BCUT2D eigenvalue weighted by molar-refractivity contribution is -0.0987. The molecule has 2 rings (SSSR count). The zero-order chi connectivity index (χ0) is 14.4. The molecule has 112 valence electrons. The van der Waals surface area contributed by atoms with E-state index in [9.17, 15) is 0 Å². The van der Waals surface area contributed by atoms with Gasteiger partial charge in [0, 0.05) is 19.8 Å². The molecule has 1 aliphatic carbocycles. The molecule has 1 aromatic rings. The van der Waals surface area contributed by atoms with Crippen molar-refractivity contribution in [1.82, 2.24) is 5.32 Å². The minimum atomic E-state index is -0.102. The fraction of sp³-hybridized carbons (Fsp3) is 0.625. The zero-order valence-corrected chi connectivity index (χ0v) is 12.6. The van der Waals surface area contributed by atoms with Crippen molar-refractivity contribution in [2.45, 2.75) is 30.9 Å². The molecule has 0 amide bonds.